The predicted octanol–water partition coefficient (Wildman–Crippen LogP) is -0.185. The number of rotatable bonds is 1. The van der Waals surface area contributed by atoms with E-state index in [4.69, 9.17) is 5.73 Å². The summed E-state index contributed by atoms with van der Waals surface area (Å²) in [5, 5.41) is 13.1. The molecule has 1 heterocycles. The van der Waals surface area contributed by atoms with Crippen LogP contribution in [0.25, 0.3) is 0 Å². The summed E-state index contributed by atoms with van der Waals surface area (Å²) in [5.41, 5.74) is 5.12. The summed E-state index contributed by atoms with van der Waals surface area (Å²) in [7, 11) is 0. The Kier molecular flexibility index (Phi) is 2.74. The Morgan fingerprint density at radius 3 is 2.30 bits per heavy atom. The lowest BCUT2D eigenvalue weighted by Crippen LogP contribution is -2.30. The van der Waals surface area contributed by atoms with Gasteiger partial charge in [-0.3, -0.25) is 0 Å². The summed E-state index contributed by atoms with van der Waals surface area (Å²) in [6.45, 7) is 3.63. The number of aromatic amines is 1. The maximum Gasteiger partial charge on any atom is 0.193 e. The summed E-state index contributed by atoms with van der Waals surface area (Å²) in [6, 6.07) is 0. The number of nitrogens with two attached hydrogens (primary N) is 1. The van der Waals surface area contributed by atoms with Crippen LogP contribution in [0.4, 0.5) is 0 Å². The van der Waals surface area contributed by atoms with Crippen LogP contribution in [0.3, 0.4) is 0 Å². The molecule has 1 aromatic rings. The van der Waals surface area contributed by atoms with E-state index in [-0.39, 0.29) is 12.4 Å². The van der Waals surface area contributed by atoms with Crippen molar-refractivity contribution in [3.05, 3.63) is 5.82 Å². The molecule has 0 unspecified atom stereocenters. The SMILES string of the molecule is CC(C)(N)c1nn[nH]n1.Cl. The highest BCUT2D eigenvalue weighted by molar-refractivity contribution is 5.85. The van der Waals surface area contributed by atoms with E-state index in [1.807, 2.05) is 13.8 Å². The number of hydrogen-bond donors (Lipinski definition) is 2. The van der Waals surface area contributed by atoms with Crippen molar-refractivity contribution < 1.29 is 0 Å². The van der Waals surface area contributed by atoms with Crippen LogP contribution in [0.2, 0.25) is 0 Å². The summed E-state index contributed by atoms with van der Waals surface area (Å²) in [4.78, 5) is 0. The smallest absolute Gasteiger partial charge is 0.193 e. The highest BCUT2D eigenvalue weighted by Gasteiger charge is 2.18. The molecule has 0 aromatic carbocycles. The van der Waals surface area contributed by atoms with E-state index in [1.54, 1.807) is 0 Å². The average Bonchev–Trinajstić information content (AvgIpc) is 2.08. The molecule has 1 rings (SSSR count). The summed E-state index contributed by atoms with van der Waals surface area (Å²) >= 11 is 0. The molecule has 0 atom stereocenters. The van der Waals surface area contributed by atoms with E-state index in [0.717, 1.165) is 0 Å². The molecule has 0 radical (unpaired) electrons. The second kappa shape index (κ2) is 2.94. The quantitative estimate of drug-likeness (QED) is 0.602. The molecule has 5 nitrogen and oxygen atoms in total. The van der Waals surface area contributed by atoms with Gasteiger partial charge in [-0.1, -0.05) is 5.21 Å². The maximum absolute atomic E-state index is 5.62. The third kappa shape index (κ3) is 1.93. The van der Waals surface area contributed by atoms with Crippen LogP contribution >= 0.6 is 12.4 Å². The number of hydrogen-bond acceptors (Lipinski definition) is 4. The van der Waals surface area contributed by atoms with Gasteiger partial charge < -0.3 is 5.73 Å². The number of tetrazole rings is 1. The van der Waals surface area contributed by atoms with Crippen LogP contribution in [0.1, 0.15) is 19.7 Å². The van der Waals surface area contributed by atoms with Crippen molar-refractivity contribution in [1.29, 1.82) is 0 Å². The largest absolute Gasteiger partial charge is 0.319 e. The Balaban J connectivity index is 0.000000810. The second-order valence-corrected chi connectivity index (χ2v) is 2.46. The fourth-order valence-electron chi connectivity index (χ4n) is 0.435. The van der Waals surface area contributed by atoms with E-state index in [2.05, 4.69) is 20.6 Å². The molecule has 1 aromatic heterocycles. The fraction of sp³-hybridized carbons (Fsp3) is 0.750. The normalized spacial score (nSPS) is 10.7. The Morgan fingerprint density at radius 2 is 2.10 bits per heavy atom. The van der Waals surface area contributed by atoms with Crippen molar-refractivity contribution >= 4 is 12.4 Å². The Hall–Kier alpha value is -0.680. The van der Waals surface area contributed by atoms with E-state index in [0.29, 0.717) is 5.82 Å². The average molecular weight is 164 g/mol. The van der Waals surface area contributed by atoms with Crippen LogP contribution in [-0.2, 0) is 5.54 Å². The molecule has 6 heteroatoms. The maximum atomic E-state index is 5.62. The van der Waals surface area contributed by atoms with Gasteiger partial charge in [0.1, 0.15) is 0 Å². The first-order chi connectivity index (χ1) is 4.11. The third-order valence-electron chi connectivity index (χ3n) is 0.922. The van der Waals surface area contributed by atoms with Crippen LogP contribution < -0.4 is 5.73 Å². The Morgan fingerprint density at radius 1 is 1.50 bits per heavy atom. The van der Waals surface area contributed by atoms with Gasteiger partial charge in [-0.25, -0.2) is 0 Å². The predicted molar refractivity (Wildman–Crippen MR) is 38.6 cm³/mol. The molecule has 0 amide bonds. The zero-order valence-electron chi connectivity index (χ0n) is 5.83. The van der Waals surface area contributed by atoms with Crippen LogP contribution in [0.15, 0.2) is 0 Å². The highest BCUT2D eigenvalue weighted by Crippen LogP contribution is 2.07. The molecule has 0 saturated heterocycles. The minimum atomic E-state index is -0.493. The minimum absolute atomic E-state index is 0. The standard InChI is InChI=1S/C4H9N5.ClH/c1-4(2,5)3-6-8-9-7-3;/h5H2,1-2H3,(H,6,7,8,9);1H. The lowest BCUT2D eigenvalue weighted by Gasteiger charge is -2.10. The first-order valence-electron chi connectivity index (χ1n) is 2.63. The number of aromatic nitrogens is 4. The van der Waals surface area contributed by atoms with Crippen LogP contribution in [0.5, 0.6) is 0 Å². The molecule has 0 aliphatic carbocycles. The highest BCUT2D eigenvalue weighted by atomic mass is 35.5. The van der Waals surface area contributed by atoms with Gasteiger partial charge in [0.25, 0.3) is 0 Å². The number of nitrogens with one attached hydrogen (secondary N) is 1. The number of nitrogens with zero attached hydrogens (tertiary/aromatic N) is 3. The molecule has 0 spiro atoms. The van der Waals surface area contributed by atoms with Crippen molar-refractivity contribution in [1.82, 2.24) is 20.6 Å². The van der Waals surface area contributed by atoms with Crippen molar-refractivity contribution in [2.75, 3.05) is 0 Å². The van der Waals surface area contributed by atoms with Crippen molar-refractivity contribution in [3.8, 4) is 0 Å². The Labute approximate surface area is 64.8 Å². The number of halogens is 1. The number of H-pyrrole nitrogens is 1. The summed E-state index contributed by atoms with van der Waals surface area (Å²) in [5.74, 6) is 0.530. The topological polar surface area (TPSA) is 80.5 Å². The molecule has 0 bridgehead atoms. The second-order valence-electron chi connectivity index (χ2n) is 2.46. The minimum Gasteiger partial charge on any atom is -0.319 e. The Bertz CT molecular complexity index is 176. The third-order valence-corrected chi connectivity index (χ3v) is 0.922. The fourth-order valence-corrected chi connectivity index (χ4v) is 0.435. The van der Waals surface area contributed by atoms with E-state index in [9.17, 15) is 0 Å². The summed E-state index contributed by atoms with van der Waals surface area (Å²) in [6.07, 6.45) is 0. The van der Waals surface area contributed by atoms with Crippen molar-refractivity contribution in [3.63, 3.8) is 0 Å². The summed E-state index contributed by atoms with van der Waals surface area (Å²) < 4.78 is 0. The molecule has 0 saturated carbocycles. The lowest BCUT2D eigenvalue weighted by atomic mass is 10.1. The van der Waals surface area contributed by atoms with Gasteiger partial charge in [-0.05, 0) is 13.8 Å². The van der Waals surface area contributed by atoms with Gasteiger partial charge in [-0.15, -0.1) is 22.6 Å². The lowest BCUT2D eigenvalue weighted by molar-refractivity contribution is 0.515. The zero-order valence-corrected chi connectivity index (χ0v) is 6.64. The monoisotopic (exact) mass is 163 g/mol. The van der Waals surface area contributed by atoms with Gasteiger partial charge in [0.05, 0.1) is 5.54 Å². The molecular weight excluding hydrogens is 154 g/mol. The molecular formula is C4H10ClN5. The van der Waals surface area contributed by atoms with E-state index < -0.39 is 5.54 Å². The molecule has 0 aliphatic heterocycles. The van der Waals surface area contributed by atoms with Crippen LogP contribution in [-0.4, -0.2) is 20.6 Å². The van der Waals surface area contributed by atoms with Crippen LogP contribution in [0, 0.1) is 0 Å². The van der Waals surface area contributed by atoms with Crippen molar-refractivity contribution in [2.45, 2.75) is 19.4 Å². The molecule has 0 aliphatic rings. The van der Waals surface area contributed by atoms with Gasteiger partial charge >= 0.3 is 0 Å². The van der Waals surface area contributed by atoms with Gasteiger partial charge in [0.15, 0.2) is 5.82 Å². The van der Waals surface area contributed by atoms with E-state index in [1.165, 1.54) is 0 Å². The molecule has 58 valence electrons. The molecule has 10 heavy (non-hydrogen) atoms. The van der Waals surface area contributed by atoms with Crippen molar-refractivity contribution in [2.24, 2.45) is 5.73 Å². The molecule has 0 fully saturated rings. The van der Waals surface area contributed by atoms with Gasteiger partial charge in [0, 0.05) is 0 Å². The van der Waals surface area contributed by atoms with E-state index >= 15 is 0 Å². The van der Waals surface area contributed by atoms with Gasteiger partial charge in [0.2, 0.25) is 0 Å². The first-order valence-corrected chi connectivity index (χ1v) is 2.63. The molecule has 3 N–H and O–H groups in total. The van der Waals surface area contributed by atoms with Gasteiger partial charge in [-0.2, -0.15) is 5.21 Å². The first kappa shape index (κ1) is 9.32. The zero-order chi connectivity index (χ0) is 6.91.